The lowest BCUT2D eigenvalue weighted by Crippen LogP contribution is -2.30. The fourth-order valence-electron chi connectivity index (χ4n) is 3.08. The summed E-state index contributed by atoms with van der Waals surface area (Å²) < 4.78 is 16.5. The molecular formula is C18H23NO4. The van der Waals surface area contributed by atoms with Crippen molar-refractivity contribution in [3.05, 3.63) is 30.2 Å². The van der Waals surface area contributed by atoms with Crippen LogP contribution in [-0.4, -0.2) is 19.6 Å². The highest BCUT2D eigenvalue weighted by Gasteiger charge is 2.19. The maximum absolute atomic E-state index is 12.0. The summed E-state index contributed by atoms with van der Waals surface area (Å²) in [5.41, 5.74) is 0. The third-order valence-electron chi connectivity index (χ3n) is 4.37. The zero-order valence-electron chi connectivity index (χ0n) is 13.5. The highest BCUT2D eigenvalue weighted by molar-refractivity contribution is 5.76. The molecule has 5 nitrogen and oxygen atoms in total. The Labute approximate surface area is 136 Å². The van der Waals surface area contributed by atoms with Gasteiger partial charge in [0.15, 0.2) is 17.3 Å². The predicted octanol–water partition coefficient (Wildman–Crippen LogP) is 3.39. The minimum absolute atomic E-state index is 0.0813. The normalized spacial score (nSPS) is 17.3. The van der Waals surface area contributed by atoms with Crippen LogP contribution in [0.15, 0.2) is 30.2 Å². The largest absolute Gasteiger partial charge is 0.497 e. The van der Waals surface area contributed by atoms with Crippen molar-refractivity contribution in [2.24, 2.45) is 5.92 Å². The monoisotopic (exact) mass is 317 g/mol. The maximum atomic E-state index is 12.0. The van der Waals surface area contributed by atoms with E-state index in [2.05, 4.69) is 5.32 Å². The lowest BCUT2D eigenvalue weighted by Gasteiger charge is -2.22. The number of hydrogen-bond donors (Lipinski definition) is 1. The molecule has 0 bridgehead atoms. The highest BCUT2D eigenvalue weighted by atomic mass is 16.6. The molecule has 0 atom stereocenters. The van der Waals surface area contributed by atoms with Gasteiger partial charge in [0, 0.05) is 12.5 Å². The summed E-state index contributed by atoms with van der Waals surface area (Å²) in [5, 5.41) is 2.92. The van der Waals surface area contributed by atoms with Gasteiger partial charge in [-0.1, -0.05) is 19.3 Å². The first-order valence-electron chi connectivity index (χ1n) is 8.23. The zero-order chi connectivity index (χ0) is 16.1. The zero-order valence-corrected chi connectivity index (χ0v) is 13.5. The van der Waals surface area contributed by atoms with E-state index in [1.54, 1.807) is 19.2 Å². The molecule has 0 aromatic heterocycles. The van der Waals surface area contributed by atoms with Gasteiger partial charge in [-0.15, -0.1) is 0 Å². The van der Waals surface area contributed by atoms with Gasteiger partial charge < -0.3 is 19.5 Å². The second-order valence-electron chi connectivity index (χ2n) is 6.10. The molecule has 124 valence electrons. The first-order chi connectivity index (χ1) is 11.2. The number of methoxy groups -OCH3 is 1. The van der Waals surface area contributed by atoms with Crippen LogP contribution < -0.4 is 19.5 Å². The van der Waals surface area contributed by atoms with E-state index in [1.165, 1.54) is 38.4 Å². The molecule has 1 heterocycles. The van der Waals surface area contributed by atoms with Crippen LogP contribution in [0, 0.1) is 5.92 Å². The third kappa shape index (κ3) is 4.18. The van der Waals surface area contributed by atoms with Gasteiger partial charge in [0.05, 0.1) is 13.7 Å². The molecule has 1 fully saturated rings. The van der Waals surface area contributed by atoms with Crippen LogP contribution in [0.4, 0.5) is 0 Å². The second-order valence-corrected chi connectivity index (χ2v) is 6.10. The van der Waals surface area contributed by atoms with E-state index in [1.807, 2.05) is 6.07 Å². The summed E-state index contributed by atoms with van der Waals surface area (Å²) in [6.07, 6.45) is 8.29. The molecule has 1 aromatic carbocycles. The molecule has 2 aliphatic rings. The topological polar surface area (TPSA) is 56.8 Å². The smallest absolute Gasteiger partial charge is 0.220 e. The van der Waals surface area contributed by atoms with Crippen molar-refractivity contribution < 1.29 is 19.0 Å². The number of amides is 1. The average Bonchev–Trinajstić information content (AvgIpc) is 2.60. The standard InChI is InChI=1S/C18H23NO4/c1-21-14-7-8-16-17(10-14)23-15(12-22-16)11-19-18(20)9-13-5-3-2-4-6-13/h7-8,10,12-13H,2-6,9,11H2,1H3,(H,19,20). The van der Waals surface area contributed by atoms with Crippen molar-refractivity contribution in [1.82, 2.24) is 5.32 Å². The molecule has 1 N–H and O–H groups in total. The Kier molecular flexibility index (Phi) is 5.05. The van der Waals surface area contributed by atoms with Gasteiger partial charge in [-0.25, -0.2) is 0 Å². The number of fused-ring (bicyclic) bond motifs is 1. The Morgan fingerprint density at radius 3 is 2.87 bits per heavy atom. The second kappa shape index (κ2) is 7.40. The van der Waals surface area contributed by atoms with Crippen molar-refractivity contribution in [2.45, 2.75) is 38.5 Å². The molecule has 0 unspecified atom stereocenters. The maximum Gasteiger partial charge on any atom is 0.220 e. The van der Waals surface area contributed by atoms with Crippen LogP contribution in [0.5, 0.6) is 17.2 Å². The van der Waals surface area contributed by atoms with Gasteiger partial charge in [0.1, 0.15) is 12.0 Å². The third-order valence-corrected chi connectivity index (χ3v) is 4.37. The van der Waals surface area contributed by atoms with E-state index in [4.69, 9.17) is 14.2 Å². The van der Waals surface area contributed by atoms with Gasteiger partial charge in [0.2, 0.25) is 5.91 Å². The molecule has 0 spiro atoms. The van der Waals surface area contributed by atoms with Crippen LogP contribution in [0.3, 0.4) is 0 Å². The number of carbonyl (C=O) groups is 1. The van der Waals surface area contributed by atoms with E-state index in [9.17, 15) is 4.79 Å². The summed E-state index contributed by atoms with van der Waals surface area (Å²) in [7, 11) is 1.60. The number of benzene rings is 1. The Morgan fingerprint density at radius 2 is 2.09 bits per heavy atom. The number of ether oxygens (including phenoxy) is 3. The fraction of sp³-hybridized carbons (Fsp3) is 0.500. The van der Waals surface area contributed by atoms with Crippen molar-refractivity contribution in [3.8, 4) is 17.2 Å². The van der Waals surface area contributed by atoms with Crippen LogP contribution in [0.25, 0.3) is 0 Å². The SMILES string of the molecule is COc1ccc2c(c1)OC(CNC(=O)CC1CCCCC1)=CO2. The molecule has 5 heteroatoms. The van der Waals surface area contributed by atoms with Gasteiger partial charge in [0.25, 0.3) is 0 Å². The summed E-state index contributed by atoms with van der Waals surface area (Å²) in [4.78, 5) is 12.0. The molecular weight excluding hydrogens is 294 g/mol. The molecule has 1 amide bonds. The van der Waals surface area contributed by atoms with E-state index in [0.29, 0.717) is 41.9 Å². The quantitative estimate of drug-likeness (QED) is 0.904. The van der Waals surface area contributed by atoms with Crippen LogP contribution >= 0.6 is 0 Å². The van der Waals surface area contributed by atoms with Gasteiger partial charge >= 0.3 is 0 Å². The highest BCUT2D eigenvalue weighted by Crippen LogP contribution is 2.35. The van der Waals surface area contributed by atoms with Crippen molar-refractivity contribution in [3.63, 3.8) is 0 Å². The molecule has 0 saturated heterocycles. The Bertz CT molecular complexity index is 591. The first-order valence-corrected chi connectivity index (χ1v) is 8.23. The van der Waals surface area contributed by atoms with Gasteiger partial charge in [-0.05, 0) is 30.9 Å². The lowest BCUT2D eigenvalue weighted by molar-refractivity contribution is -0.122. The molecule has 0 radical (unpaired) electrons. The fourth-order valence-corrected chi connectivity index (χ4v) is 3.08. The lowest BCUT2D eigenvalue weighted by atomic mass is 9.87. The van der Waals surface area contributed by atoms with Crippen LogP contribution in [0.2, 0.25) is 0 Å². The van der Waals surface area contributed by atoms with Crippen LogP contribution in [0.1, 0.15) is 38.5 Å². The predicted molar refractivity (Wildman–Crippen MR) is 86.5 cm³/mol. The summed E-state index contributed by atoms with van der Waals surface area (Å²) >= 11 is 0. The van der Waals surface area contributed by atoms with E-state index >= 15 is 0 Å². The van der Waals surface area contributed by atoms with Gasteiger partial charge in [-0.3, -0.25) is 4.79 Å². The number of rotatable bonds is 5. The van der Waals surface area contributed by atoms with E-state index < -0.39 is 0 Å². The molecule has 1 aromatic rings. The van der Waals surface area contributed by atoms with Crippen molar-refractivity contribution in [1.29, 1.82) is 0 Å². The number of nitrogens with one attached hydrogen (secondary N) is 1. The average molecular weight is 317 g/mol. The van der Waals surface area contributed by atoms with Crippen LogP contribution in [-0.2, 0) is 4.79 Å². The Morgan fingerprint density at radius 1 is 1.26 bits per heavy atom. The molecule has 1 aliphatic heterocycles. The Balaban J connectivity index is 1.49. The van der Waals surface area contributed by atoms with Crippen molar-refractivity contribution >= 4 is 5.91 Å². The van der Waals surface area contributed by atoms with E-state index in [-0.39, 0.29) is 5.91 Å². The van der Waals surface area contributed by atoms with E-state index in [0.717, 1.165) is 0 Å². The number of hydrogen-bond acceptors (Lipinski definition) is 4. The first kappa shape index (κ1) is 15.7. The summed E-state index contributed by atoms with van der Waals surface area (Å²) in [6, 6.07) is 5.38. The van der Waals surface area contributed by atoms with Crippen molar-refractivity contribution in [2.75, 3.05) is 13.7 Å². The minimum Gasteiger partial charge on any atom is -0.497 e. The molecule has 23 heavy (non-hydrogen) atoms. The van der Waals surface area contributed by atoms with Gasteiger partial charge in [-0.2, -0.15) is 0 Å². The molecule has 1 aliphatic carbocycles. The summed E-state index contributed by atoms with van der Waals surface area (Å²) in [6.45, 7) is 0.336. The molecule has 1 saturated carbocycles. The number of carbonyl (C=O) groups excluding carboxylic acids is 1. The molecule has 3 rings (SSSR count). The Hall–Kier alpha value is -2.17. The summed E-state index contributed by atoms with van der Waals surface area (Å²) in [5.74, 6) is 3.15. The minimum atomic E-state index is 0.0813.